The van der Waals surface area contributed by atoms with Crippen LogP contribution in [0.4, 0.5) is 5.69 Å². The van der Waals surface area contributed by atoms with Crippen LogP contribution in [0.15, 0.2) is 42.6 Å². The van der Waals surface area contributed by atoms with Gasteiger partial charge in [-0.15, -0.1) is 16.4 Å². The summed E-state index contributed by atoms with van der Waals surface area (Å²) >= 11 is 7.06. The maximum atomic E-state index is 12.0. The van der Waals surface area contributed by atoms with Crippen molar-refractivity contribution in [3.05, 3.63) is 57.5 Å². The zero-order chi connectivity index (χ0) is 19.4. The number of nitrogens with zero attached hydrogens (tertiary/aromatic N) is 4. The molecule has 0 unspecified atom stereocenters. The summed E-state index contributed by atoms with van der Waals surface area (Å²) in [6, 6.07) is 10.8. The highest BCUT2D eigenvalue weighted by molar-refractivity contribution is 7.17. The molecule has 0 saturated heterocycles. The van der Waals surface area contributed by atoms with Crippen LogP contribution in [0.25, 0.3) is 5.69 Å². The Morgan fingerprint density at radius 3 is 2.59 bits per heavy atom. The minimum Gasteiger partial charge on any atom is -0.346 e. The molecule has 1 aromatic carbocycles. The molecule has 3 rings (SSSR count). The summed E-state index contributed by atoms with van der Waals surface area (Å²) in [5.41, 5.74) is 2.26. The number of nitrogens with one attached hydrogen (secondary N) is 1. The molecule has 27 heavy (non-hydrogen) atoms. The van der Waals surface area contributed by atoms with E-state index in [9.17, 15) is 9.59 Å². The van der Waals surface area contributed by atoms with Crippen molar-refractivity contribution < 1.29 is 9.59 Å². The van der Waals surface area contributed by atoms with E-state index in [4.69, 9.17) is 11.6 Å². The van der Waals surface area contributed by atoms with E-state index < -0.39 is 0 Å². The molecule has 7 nitrogen and oxygen atoms in total. The third-order valence-electron chi connectivity index (χ3n) is 3.95. The first-order valence-electron chi connectivity index (χ1n) is 8.29. The van der Waals surface area contributed by atoms with Crippen molar-refractivity contribution in [1.82, 2.24) is 20.3 Å². The SMILES string of the molecule is CCC(=O)N(C)c1ccc(-n2cc(CNC(=O)c3ccc(Cl)s3)nn2)cc1. The number of carbonyl (C=O) groups is 2. The van der Waals surface area contributed by atoms with Crippen molar-refractivity contribution in [3.8, 4) is 5.69 Å². The van der Waals surface area contributed by atoms with Crippen LogP contribution in [-0.4, -0.2) is 33.9 Å². The van der Waals surface area contributed by atoms with Crippen molar-refractivity contribution in [3.63, 3.8) is 0 Å². The average molecular weight is 404 g/mol. The van der Waals surface area contributed by atoms with Crippen molar-refractivity contribution in [2.24, 2.45) is 0 Å². The van der Waals surface area contributed by atoms with E-state index in [2.05, 4.69) is 15.6 Å². The molecule has 0 radical (unpaired) electrons. The predicted molar refractivity (Wildman–Crippen MR) is 106 cm³/mol. The number of benzene rings is 1. The Balaban J connectivity index is 1.63. The van der Waals surface area contributed by atoms with E-state index in [0.717, 1.165) is 11.4 Å². The van der Waals surface area contributed by atoms with Gasteiger partial charge in [-0.25, -0.2) is 4.68 Å². The van der Waals surface area contributed by atoms with Gasteiger partial charge >= 0.3 is 0 Å². The second-order valence-electron chi connectivity index (χ2n) is 5.76. The molecule has 0 spiro atoms. The molecular formula is C18H18ClN5O2S. The maximum Gasteiger partial charge on any atom is 0.261 e. The number of thiophene rings is 1. The minimum absolute atomic E-state index is 0.0496. The number of halogens is 1. The molecule has 2 heterocycles. The van der Waals surface area contributed by atoms with Crippen LogP contribution in [0.2, 0.25) is 4.34 Å². The standard InChI is InChI=1S/C18H18ClN5O2S/c1-3-17(25)23(2)13-4-6-14(7-5-13)24-11-12(21-22-24)10-20-18(26)15-8-9-16(19)27-15/h4-9,11H,3,10H2,1-2H3,(H,20,26). The van der Waals surface area contributed by atoms with Crippen molar-refractivity contribution in [2.75, 3.05) is 11.9 Å². The molecule has 0 atom stereocenters. The first-order chi connectivity index (χ1) is 13.0. The third-order valence-corrected chi connectivity index (χ3v) is 5.18. The monoisotopic (exact) mass is 403 g/mol. The van der Waals surface area contributed by atoms with Crippen LogP contribution in [0.3, 0.4) is 0 Å². The molecule has 1 N–H and O–H groups in total. The lowest BCUT2D eigenvalue weighted by molar-refractivity contribution is -0.118. The lowest BCUT2D eigenvalue weighted by atomic mass is 10.2. The molecule has 0 aliphatic carbocycles. The number of amides is 2. The summed E-state index contributed by atoms with van der Waals surface area (Å²) in [4.78, 5) is 26.0. The van der Waals surface area contributed by atoms with Crippen LogP contribution in [-0.2, 0) is 11.3 Å². The fourth-order valence-electron chi connectivity index (χ4n) is 2.41. The highest BCUT2D eigenvalue weighted by atomic mass is 35.5. The zero-order valence-corrected chi connectivity index (χ0v) is 16.4. The van der Waals surface area contributed by atoms with Gasteiger partial charge in [-0.3, -0.25) is 9.59 Å². The largest absolute Gasteiger partial charge is 0.346 e. The first kappa shape index (κ1) is 19.1. The van der Waals surface area contributed by atoms with Gasteiger partial charge in [0.2, 0.25) is 5.91 Å². The molecule has 2 aromatic heterocycles. The number of anilines is 1. The highest BCUT2D eigenvalue weighted by Gasteiger charge is 2.11. The Kier molecular flexibility index (Phi) is 5.88. The van der Waals surface area contributed by atoms with E-state index in [-0.39, 0.29) is 18.4 Å². The molecular weight excluding hydrogens is 386 g/mol. The summed E-state index contributed by atoms with van der Waals surface area (Å²) < 4.78 is 2.19. The van der Waals surface area contributed by atoms with E-state index in [1.54, 1.807) is 35.0 Å². The number of hydrogen-bond acceptors (Lipinski definition) is 5. The van der Waals surface area contributed by atoms with E-state index in [0.29, 0.717) is 21.3 Å². The Bertz CT molecular complexity index is 951. The van der Waals surface area contributed by atoms with Gasteiger partial charge in [-0.1, -0.05) is 23.7 Å². The zero-order valence-electron chi connectivity index (χ0n) is 14.8. The van der Waals surface area contributed by atoms with Crippen LogP contribution in [0.1, 0.15) is 28.7 Å². The van der Waals surface area contributed by atoms with Gasteiger partial charge in [-0.05, 0) is 36.4 Å². The molecule has 140 valence electrons. The van der Waals surface area contributed by atoms with Crippen LogP contribution in [0, 0.1) is 0 Å². The van der Waals surface area contributed by atoms with Crippen molar-refractivity contribution >= 4 is 40.4 Å². The van der Waals surface area contributed by atoms with Gasteiger partial charge < -0.3 is 10.2 Å². The van der Waals surface area contributed by atoms with Gasteiger partial charge in [0, 0.05) is 19.2 Å². The summed E-state index contributed by atoms with van der Waals surface area (Å²) in [6.45, 7) is 2.09. The number of carbonyl (C=O) groups excluding carboxylic acids is 2. The fraction of sp³-hybridized carbons (Fsp3) is 0.222. The molecule has 0 fully saturated rings. The Morgan fingerprint density at radius 1 is 1.22 bits per heavy atom. The number of hydrogen-bond donors (Lipinski definition) is 1. The Labute approximate surface area is 165 Å². The maximum absolute atomic E-state index is 12.0. The van der Waals surface area contributed by atoms with Gasteiger partial charge in [-0.2, -0.15) is 0 Å². The predicted octanol–water partition coefficient (Wildman–Crippen LogP) is 3.29. The lowest BCUT2D eigenvalue weighted by Crippen LogP contribution is -2.24. The second kappa shape index (κ2) is 8.32. The van der Waals surface area contributed by atoms with Gasteiger partial charge in [0.1, 0.15) is 5.69 Å². The lowest BCUT2D eigenvalue weighted by Gasteiger charge is -2.16. The molecule has 0 aliphatic rings. The van der Waals surface area contributed by atoms with E-state index in [1.807, 2.05) is 31.2 Å². The van der Waals surface area contributed by atoms with Gasteiger partial charge in [0.05, 0.1) is 27.6 Å². The molecule has 9 heteroatoms. The normalized spacial score (nSPS) is 10.6. The topological polar surface area (TPSA) is 80.1 Å². The van der Waals surface area contributed by atoms with Crippen LogP contribution >= 0.6 is 22.9 Å². The quantitative estimate of drug-likeness (QED) is 0.684. The second-order valence-corrected chi connectivity index (χ2v) is 7.48. The first-order valence-corrected chi connectivity index (χ1v) is 9.49. The summed E-state index contributed by atoms with van der Waals surface area (Å²) in [5, 5.41) is 10.9. The Hall–Kier alpha value is -2.71. The average Bonchev–Trinajstić information content (AvgIpc) is 3.34. The van der Waals surface area contributed by atoms with Crippen molar-refractivity contribution in [1.29, 1.82) is 0 Å². The van der Waals surface area contributed by atoms with Gasteiger partial charge in [0.15, 0.2) is 0 Å². The van der Waals surface area contributed by atoms with E-state index in [1.165, 1.54) is 11.3 Å². The van der Waals surface area contributed by atoms with Crippen molar-refractivity contribution in [2.45, 2.75) is 19.9 Å². The summed E-state index contributed by atoms with van der Waals surface area (Å²) in [7, 11) is 1.75. The third kappa shape index (κ3) is 4.53. The molecule has 2 amide bonds. The number of aromatic nitrogens is 3. The van der Waals surface area contributed by atoms with Crippen LogP contribution in [0.5, 0.6) is 0 Å². The molecule has 0 saturated carbocycles. The summed E-state index contributed by atoms with van der Waals surface area (Å²) in [5.74, 6) is -0.150. The summed E-state index contributed by atoms with van der Waals surface area (Å²) in [6.07, 6.45) is 2.20. The van der Waals surface area contributed by atoms with E-state index >= 15 is 0 Å². The smallest absolute Gasteiger partial charge is 0.261 e. The number of rotatable bonds is 6. The molecule has 3 aromatic rings. The molecule has 0 bridgehead atoms. The highest BCUT2D eigenvalue weighted by Crippen LogP contribution is 2.21. The van der Waals surface area contributed by atoms with Gasteiger partial charge in [0.25, 0.3) is 5.91 Å². The Morgan fingerprint density at radius 2 is 1.96 bits per heavy atom. The fourth-order valence-corrected chi connectivity index (χ4v) is 3.37. The van der Waals surface area contributed by atoms with Crippen LogP contribution < -0.4 is 10.2 Å². The minimum atomic E-state index is -0.200. The molecule has 0 aliphatic heterocycles.